The van der Waals surface area contributed by atoms with Crippen LogP contribution in [0.15, 0.2) is 33.1 Å². The molecule has 0 bridgehead atoms. The number of nitrogens with two attached hydrogens (primary N) is 1. The highest BCUT2D eigenvalue weighted by molar-refractivity contribution is 7.89. The van der Waals surface area contributed by atoms with E-state index in [0.717, 1.165) is 12.3 Å². The number of hydrogen-bond acceptors (Lipinski definition) is 6. The molecule has 0 aliphatic carbocycles. The van der Waals surface area contributed by atoms with E-state index in [4.69, 9.17) is 10.5 Å². The zero-order valence-electron chi connectivity index (χ0n) is 14.7. The Morgan fingerprint density at radius 3 is 2.73 bits per heavy atom. The van der Waals surface area contributed by atoms with Gasteiger partial charge in [0.25, 0.3) is 0 Å². The van der Waals surface area contributed by atoms with Crippen molar-refractivity contribution in [3.8, 4) is 5.75 Å². The highest BCUT2D eigenvalue weighted by atomic mass is 32.2. The molecular formula is C17H25N5O3S. The predicted molar refractivity (Wildman–Crippen MR) is 102 cm³/mol. The summed E-state index contributed by atoms with van der Waals surface area (Å²) in [5, 5.41) is 2.87. The van der Waals surface area contributed by atoms with Gasteiger partial charge in [0, 0.05) is 13.1 Å². The fourth-order valence-electron chi connectivity index (χ4n) is 3.05. The first-order chi connectivity index (χ1) is 12.5. The standard InChI is InChI=1S/C17H25N5O3S/c18-16-17(21-26(23,24)20-16)19-8-5-11-25-15-7-4-6-14(12-15)13-22-9-2-1-3-10-22/h4,6-7,12H,1-3,5,8-11,13H2,(H2,18,20)(H,19,21). The fourth-order valence-corrected chi connectivity index (χ4v) is 3.82. The number of hydrogen-bond donors (Lipinski definition) is 2. The van der Waals surface area contributed by atoms with Crippen LogP contribution in [0.4, 0.5) is 0 Å². The zero-order chi connectivity index (χ0) is 18.4. The second kappa shape index (κ2) is 8.50. The number of amidine groups is 2. The molecule has 3 N–H and O–H groups in total. The normalized spacial score (nSPS) is 19.7. The minimum atomic E-state index is -3.79. The van der Waals surface area contributed by atoms with Crippen LogP contribution >= 0.6 is 0 Å². The van der Waals surface area contributed by atoms with Crippen molar-refractivity contribution < 1.29 is 13.2 Å². The monoisotopic (exact) mass is 379 g/mol. The lowest BCUT2D eigenvalue weighted by molar-refractivity contribution is 0.220. The van der Waals surface area contributed by atoms with Gasteiger partial charge in [0.05, 0.1) is 6.61 Å². The van der Waals surface area contributed by atoms with E-state index in [1.165, 1.54) is 37.9 Å². The van der Waals surface area contributed by atoms with Crippen molar-refractivity contribution in [2.24, 2.45) is 14.5 Å². The molecule has 1 aromatic carbocycles. The highest BCUT2D eigenvalue weighted by Crippen LogP contribution is 2.17. The van der Waals surface area contributed by atoms with Crippen molar-refractivity contribution in [2.45, 2.75) is 32.2 Å². The van der Waals surface area contributed by atoms with Gasteiger partial charge in [0.2, 0.25) is 0 Å². The van der Waals surface area contributed by atoms with Crippen molar-refractivity contribution >= 4 is 21.9 Å². The number of nitrogens with one attached hydrogen (secondary N) is 1. The maximum absolute atomic E-state index is 11.2. The summed E-state index contributed by atoms with van der Waals surface area (Å²) in [5.41, 5.74) is 6.76. The van der Waals surface area contributed by atoms with Gasteiger partial charge in [0.15, 0.2) is 11.7 Å². The number of piperidine rings is 1. The Hall–Kier alpha value is -2.13. The van der Waals surface area contributed by atoms with Gasteiger partial charge < -0.3 is 15.8 Å². The summed E-state index contributed by atoms with van der Waals surface area (Å²) in [6, 6.07) is 8.18. The average Bonchev–Trinajstić information content (AvgIpc) is 2.88. The maximum atomic E-state index is 11.2. The van der Waals surface area contributed by atoms with Gasteiger partial charge in [-0.15, -0.1) is 8.80 Å². The van der Waals surface area contributed by atoms with E-state index in [9.17, 15) is 8.42 Å². The molecular weight excluding hydrogens is 354 g/mol. The molecule has 2 aliphatic rings. The third-order valence-electron chi connectivity index (χ3n) is 4.30. The third kappa shape index (κ3) is 5.43. The first kappa shape index (κ1) is 18.7. The van der Waals surface area contributed by atoms with Crippen molar-refractivity contribution in [3.05, 3.63) is 29.8 Å². The molecule has 8 nitrogen and oxygen atoms in total. The van der Waals surface area contributed by atoms with Crippen LogP contribution < -0.4 is 15.8 Å². The number of likely N-dealkylation sites (tertiary alicyclic amines) is 1. The van der Waals surface area contributed by atoms with Crippen molar-refractivity contribution in [1.29, 1.82) is 0 Å². The molecule has 2 heterocycles. The first-order valence-corrected chi connectivity index (χ1v) is 10.3. The summed E-state index contributed by atoms with van der Waals surface area (Å²) in [6.45, 7) is 4.31. The predicted octanol–water partition coefficient (Wildman–Crippen LogP) is 1.05. The summed E-state index contributed by atoms with van der Waals surface area (Å²) in [7, 11) is -3.79. The molecule has 2 aliphatic heterocycles. The van der Waals surface area contributed by atoms with E-state index >= 15 is 0 Å². The van der Waals surface area contributed by atoms with Gasteiger partial charge >= 0.3 is 10.2 Å². The lowest BCUT2D eigenvalue weighted by Crippen LogP contribution is -2.35. The summed E-state index contributed by atoms with van der Waals surface area (Å²) < 4.78 is 34.8. The van der Waals surface area contributed by atoms with Crippen LogP contribution in [0.2, 0.25) is 0 Å². The molecule has 1 aromatic rings. The second-order valence-corrected chi connectivity index (χ2v) is 7.74. The lowest BCUT2D eigenvalue weighted by Gasteiger charge is -2.26. The van der Waals surface area contributed by atoms with Gasteiger partial charge in [-0.2, -0.15) is 8.42 Å². The van der Waals surface area contributed by atoms with E-state index in [-0.39, 0.29) is 11.7 Å². The molecule has 0 spiro atoms. The second-order valence-electron chi connectivity index (χ2n) is 6.48. The van der Waals surface area contributed by atoms with Gasteiger partial charge in [-0.25, -0.2) is 0 Å². The molecule has 142 valence electrons. The van der Waals surface area contributed by atoms with E-state index in [2.05, 4.69) is 31.1 Å². The molecule has 26 heavy (non-hydrogen) atoms. The molecule has 0 aromatic heterocycles. The molecule has 1 fully saturated rings. The van der Waals surface area contributed by atoms with E-state index in [0.29, 0.717) is 19.6 Å². The van der Waals surface area contributed by atoms with Crippen LogP contribution in [0.1, 0.15) is 31.2 Å². The molecule has 9 heteroatoms. The first-order valence-electron chi connectivity index (χ1n) is 8.90. The summed E-state index contributed by atoms with van der Waals surface area (Å²) in [4.78, 5) is 2.48. The number of benzene rings is 1. The molecule has 3 rings (SSSR count). The Morgan fingerprint density at radius 1 is 1.19 bits per heavy atom. The summed E-state index contributed by atoms with van der Waals surface area (Å²) in [5.74, 6) is 0.853. The maximum Gasteiger partial charge on any atom is 0.367 e. The van der Waals surface area contributed by atoms with E-state index in [1.54, 1.807) is 0 Å². The Bertz CT molecular complexity index is 785. The molecule has 0 unspecified atom stereocenters. The van der Waals surface area contributed by atoms with E-state index in [1.807, 2.05) is 12.1 Å². The summed E-state index contributed by atoms with van der Waals surface area (Å²) >= 11 is 0. The third-order valence-corrected chi connectivity index (χ3v) is 5.14. The van der Waals surface area contributed by atoms with Crippen LogP contribution in [0, 0.1) is 0 Å². The number of rotatable bonds is 7. The quantitative estimate of drug-likeness (QED) is 0.685. The van der Waals surface area contributed by atoms with Crippen LogP contribution in [0.25, 0.3) is 0 Å². The van der Waals surface area contributed by atoms with Gasteiger partial charge in [-0.1, -0.05) is 18.6 Å². The van der Waals surface area contributed by atoms with Crippen LogP contribution in [0.5, 0.6) is 5.75 Å². The Labute approximate surface area is 154 Å². The van der Waals surface area contributed by atoms with E-state index < -0.39 is 10.2 Å². The van der Waals surface area contributed by atoms with Crippen LogP contribution in [-0.2, 0) is 16.8 Å². The minimum Gasteiger partial charge on any atom is -0.494 e. The molecule has 0 saturated carbocycles. The molecule has 0 amide bonds. The Morgan fingerprint density at radius 2 is 2.00 bits per heavy atom. The fraction of sp³-hybridized carbons (Fsp3) is 0.529. The van der Waals surface area contributed by atoms with Crippen molar-refractivity contribution in [3.63, 3.8) is 0 Å². The SMILES string of the molecule is NC1=NS(=O)(=O)N=C1NCCCOc1cccc(CN2CCCCC2)c1. The molecule has 0 radical (unpaired) electrons. The van der Waals surface area contributed by atoms with Gasteiger partial charge in [0.1, 0.15) is 5.75 Å². The van der Waals surface area contributed by atoms with Gasteiger partial charge in [-0.05, 0) is 50.0 Å². The zero-order valence-corrected chi connectivity index (χ0v) is 15.5. The Kier molecular flexibility index (Phi) is 6.10. The largest absolute Gasteiger partial charge is 0.494 e. The summed E-state index contributed by atoms with van der Waals surface area (Å²) in [6.07, 6.45) is 4.59. The van der Waals surface area contributed by atoms with Crippen LogP contribution in [-0.4, -0.2) is 51.2 Å². The lowest BCUT2D eigenvalue weighted by atomic mass is 10.1. The average molecular weight is 379 g/mol. The van der Waals surface area contributed by atoms with Gasteiger partial charge in [-0.3, -0.25) is 4.90 Å². The van der Waals surface area contributed by atoms with Crippen LogP contribution in [0.3, 0.4) is 0 Å². The number of nitrogens with zero attached hydrogens (tertiary/aromatic N) is 3. The topological polar surface area (TPSA) is 109 Å². The highest BCUT2D eigenvalue weighted by Gasteiger charge is 2.20. The number of ether oxygens (including phenoxy) is 1. The van der Waals surface area contributed by atoms with Crippen molar-refractivity contribution in [2.75, 3.05) is 26.2 Å². The smallest absolute Gasteiger partial charge is 0.367 e. The molecule has 1 saturated heterocycles. The minimum absolute atomic E-state index is 0.101. The Balaban J connectivity index is 1.40. The molecule has 0 atom stereocenters. The van der Waals surface area contributed by atoms with Crippen molar-refractivity contribution in [1.82, 2.24) is 10.2 Å².